The lowest BCUT2D eigenvalue weighted by atomic mass is 10.1. The number of hydrogen-bond acceptors (Lipinski definition) is 5. The monoisotopic (exact) mass is 460 g/mol. The Balaban J connectivity index is 0.00000259. The highest BCUT2D eigenvalue weighted by molar-refractivity contribution is 6.07. The summed E-state index contributed by atoms with van der Waals surface area (Å²) >= 11 is 0. The van der Waals surface area contributed by atoms with Gasteiger partial charge in [0.15, 0.2) is 5.65 Å². The number of fused-ring (bicyclic) bond motifs is 1. The molecule has 0 spiro atoms. The van der Waals surface area contributed by atoms with E-state index in [1.807, 2.05) is 78.6 Å². The van der Waals surface area contributed by atoms with Crippen LogP contribution >= 0.6 is 12.4 Å². The number of halogens is 1. The summed E-state index contributed by atoms with van der Waals surface area (Å²) in [6.45, 7) is 3.50. The number of ether oxygens (including phenoxy) is 1. The van der Waals surface area contributed by atoms with Crippen molar-refractivity contribution < 1.29 is 9.53 Å². The summed E-state index contributed by atoms with van der Waals surface area (Å²) in [5, 5.41) is 4.27. The van der Waals surface area contributed by atoms with Crippen molar-refractivity contribution in [3.63, 3.8) is 0 Å². The number of para-hydroxylation sites is 1. The van der Waals surface area contributed by atoms with E-state index >= 15 is 0 Å². The van der Waals surface area contributed by atoms with E-state index in [1.165, 1.54) is 0 Å². The number of likely N-dealkylation sites (tertiary alicyclic amines) is 1. The lowest BCUT2D eigenvalue weighted by Crippen LogP contribution is -2.28. The number of hydrogen-bond donors (Lipinski definition) is 1. The van der Waals surface area contributed by atoms with E-state index in [-0.39, 0.29) is 18.3 Å². The van der Waals surface area contributed by atoms with Crippen molar-refractivity contribution in [1.29, 1.82) is 0 Å². The van der Waals surface area contributed by atoms with Crippen LogP contribution < -0.4 is 10.1 Å². The maximum absolute atomic E-state index is 13.2. The molecule has 1 amide bonds. The fourth-order valence-corrected chi connectivity index (χ4v) is 3.93. The number of carbonyl (C=O) groups excluding carboxylic acids is 1. The smallest absolute Gasteiger partial charge is 0.257 e. The summed E-state index contributed by atoms with van der Waals surface area (Å²) in [5.41, 5.74) is 3.66. The van der Waals surface area contributed by atoms with Gasteiger partial charge in [-0.1, -0.05) is 18.2 Å². The molecule has 33 heavy (non-hydrogen) atoms. The van der Waals surface area contributed by atoms with Gasteiger partial charge in [0.2, 0.25) is 0 Å². The van der Waals surface area contributed by atoms with Gasteiger partial charge in [0, 0.05) is 36.1 Å². The number of pyridine rings is 2. The maximum Gasteiger partial charge on any atom is 0.257 e. The van der Waals surface area contributed by atoms with Crippen molar-refractivity contribution >= 4 is 40.7 Å². The lowest BCUT2D eigenvalue weighted by Gasteiger charge is -2.19. The van der Waals surface area contributed by atoms with Crippen LogP contribution in [0.2, 0.25) is 0 Å². The summed E-state index contributed by atoms with van der Waals surface area (Å²) in [5.74, 6) is 1.53. The van der Waals surface area contributed by atoms with Crippen LogP contribution in [0, 0.1) is 6.92 Å². The van der Waals surface area contributed by atoms with E-state index in [2.05, 4.69) is 15.3 Å². The summed E-state index contributed by atoms with van der Waals surface area (Å²) in [6, 6.07) is 21.3. The molecule has 0 unspecified atom stereocenters. The molecule has 1 fully saturated rings. The topological polar surface area (TPSA) is 67.3 Å². The number of nitrogens with one attached hydrogen (secondary N) is 1. The Labute approximate surface area is 199 Å². The molecule has 4 aromatic rings. The van der Waals surface area contributed by atoms with E-state index in [4.69, 9.17) is 4.74 Å². The average Bonchev–Trinajstić information content (AvgIpc) is 3.36. The highest BCUT2D eigenvalue weighted by Gasteiger charge is 2.24. The Kier molecular flexibility index (Phi) is 6.75. The Bertz CT molecular complexity index is 1260. The highest BCUT2D eigenvalue weighted by atomic mass is 35.5. The molecule has 0 atom stereocenters. The number of benzene rings is 2. The number of nitrogens with zero attached hydrogens (tertiary/aromatic N) is 3. The molecule has 0 aliphatic carbocycles. The van der Waals surface area contributed by atoms with Crippen LogP contribution in [0.15, 0.2) is 72.9 Å². The summed E-state index contributed by atoms with van der Waals surface area (Å²) in [4.78, 5) is 24.1. The molecule has 5 rings (SSSR count). The predicted molar refractivity (Wildman–Crippen MR) is 133 cm³/mol. The van der Waals surface area contributed by atoms with Crippen molar-refractivity contribution in [1.82, 2.24) is 14.9 Å². The fourth-order valence-electron chi connectivity index (χ4n) is 3.93. The molecule has 3 heterocycles. The molecule has 2 aromatic heterocycles. The van der Waals surface area contributed by atoms with Gasteiger partial charge in [-0.25, -0.2) is 9.97 Å². The van der Waals surface area contributed by atoms with E-state index in [1.54, 1.807) is 6.20 Å². The Hall–Kier alpha value is -3.64. The number of carbonyl (C=O) groups is 1. The third-order valence-corrected chi connectivity index (χ3v) is 5.60. The molecule has 1 saturated heterocycles. The third kappa shape index (κ3) is 4.91. The van der Waals surface area contributed by atoms with Crippen LogP contribution in [-0.2, 0) is 0 Å². The maximum atomic E-state index is 13.2. The minimum atomic E-state index is 0. The molecule has 2 aromatic carbocycles. The molecule has 1 aliphatic rings. The molecule has 6 nitrogen and oxygen atoms in total. The summed E-state index contributed by atoms with van der Waals surface area (Å²) < 4.78 is 5.89. The van der Waals surface area contributed by atoms with Gasteiger partial charge in [-0.3, -0.25) is 4.79 Å². The van der Waals surface area contributed by atoms with Crippen LogP contribution in [-0.4, -0.2) is 33.9 Å². The SMILES string of the molecule is Cc1ccc2c(Nc3ccc(Oc4ccccc4)cc3)c(C(=O)N3CCCC3)cnc2n1.Cl. The molecular weight excluding hydrogens is 436 g/mol. The first-order chi connectivity index (χ1) is 15.7. The van der Waals surface area contributed by atoms with Crippen LogP contribution in [0.3, 0.4) is 0 Å². The number of amides is 1. The third-order valence-electron chi connectivity index (χ3n) is 5.60. The van der Waals surface area contributed by atoms with Crippen molar-refractivity contribution in [2.24, 2.45) is 0 Å². The summed E-state index contributed by atoms with van der Waals surface area (Å²) in [6.07, 6.45) is 3.73. The average molecular weight is 461 g/mol. The molecule has 1 aliphatic heterocycles. The molecular formula is C26H25ClN4O2. The zero-order valence-corrected chi connectivity index (χ0v) is 19.1. The zero-order chi connectivity index (χ0) is 21.9. The first kappa shape index (κ1) is 22.6. The van der Waals surface area contributed by atoms with Crippen LogP contribution in [0.25, 0.3) is 11.0 Å². The Morgan fingerprint density at radius 1 is 0.939 bits per heavy atom. The lowest BCUT2D eigenvalue weighted by molar-refractivity contribution is 0.0793. The molecule has 7 heteroatoms. The van der Waals surface area contributed by atoms with E-state index < -0.39 is 0 Å². The van der Waals surface area contributed by atoms with Gasteiger partial charge in [-0.2, -0.15) is 0 Å². The summed E-state index contributed by atoms with van der Waals surface area (Å²) in [7, 11) is 0. The first-order valence-electron chi connectivity index (χ1n) is 10.8. The molecule has 0 radical (unpaired) electrons. The quantitative estimate of drug-likeness (QED) is 0.388. The van der Waals surface area contributed by atoms with Gasteiger partial charge < -0.3 is 15.0 Å². The number of anilines is 2. The van der Waals surface area contributed by atoms with E-state index in [0.717, 1.165) is 59.9 Å². The van der Waals surface area contributed by atoms with Crippen LogP contribution in [0.4, 0.5) is 11.4 Å². The second-order valence-electron chi connectivity index (χ2n) is 7.93. The largest absolute Gasteiger partial charge is 0.457 e. The van der Waals surface area contributed by atoms with E-state index in [9.17, 15) is 4.79 Å². The Morgan fingerprint density at radius 2 is 1.64 bits per heavy atom. The zero-order valence-electron chi connectivity index (χ0n) is 18.3. The van der Waals surface area contributed by atoms with Gasteiger partial charge in [-0.05, 0) is 68.3 Å². The van der Waals surface area contributed by atoms with Crippen molar-refractivity contribution in [2.75, 3.05) is 18.4 Å². The van der Waals surface area contributed by atoms with Gasteiger partial charge in [0.25, 0.3) is 5.91 Å². The van der Waals surface area contributed by atoms with Crippen LogP contribution in [0.5, 0.6) is 11.5 Å². The van der Waals surface area contributed by atoms with Crippen molar-refractivity contribution in [3.05, 3.63) is 84.2 Å². The molecule has 0 bridgehead atoms. The molecule has 0 saturated carbocycles. The van der Waals surface area contributed by atoms with Gasteiger partial charge in [-0.15, -0.1) is 12.4 Å². The number of aromatic nitrogens is 2. The second kappa shape index (κ2) is 9.88. The van der Waals surface area contributed by atoms with Crippen LogP contribution in [0.1, 0.15) is 28.9 Å². The molecule has 1 N–H and O–H groups in total. The van der Waals surface area contributed by atoms with Gasteiger partial charge >= 0.3 is 0 Å². The van der Waals surface area contributed by atoms with E-state index in [0.29, 0.717) is 11.2 Å². The highest BCUT2D eigenvalue weighted by Crippen LogP contribution is 2.31. The predicted octanol–water partition coefficient (Wildman–Crippen LogP) is 6.13. The first-order valence-corrected chi connectivity index (χ1v) is 10.8. The van der Waals surface area contributed by atoms with Crippen molar-refractivity contribution in [3.8, 4) is 11.5 Å². The minimum absolute atomic E-state index is 0. The minimum Gasteiger partial charge on any atom is -0.457 e. The number of aryl methyl sites for hydroxylation is 1. The number of rotatable bonds is 5. The molecule has 168 valence electrons. The normalized spacial score (nSPS) is 12.9. The van der Waals surface area contributed by atoms with Gasteiger partial charge in [0.1, 0.15) is 11.5 Å². The fraction of sp³-hybridized carbons (Fsp3) is 0.192. The Morgan fingerprint density at radius 3 is 2.36 bits per heavy atom. The second-order valence-corrected chi connectivity index (χ2v) is 7.93. The van der Waals surface area contributed by atoms with Gasteiger partial charge in [0.05, 0.1) is 11.3 Å². The standard InChI is InChI=1S/C26H24N4O2.ClH/c1-18-9-14-22-24(23(17-27-25(22)28-18)26(31)30-15-5-6-16-30)29-19-10-12-21(13-11-19)32-20-7-3-2-4-8-20;/h2-4,7-14,17H,5-6,15-16H2,1H3,(H,27,28,29);1H. The van der Waals surface area contributed by atoms with Crippen molar-refractivity contribution in [2.45, 2.75) is 19.8 Å².